The number of nitrogens with zero attached hydrogens (tertiary/aromatic N) is 2. The summed E-state index contributed by atoms with van der Waals surface area (Å²) in [6.07, 6.45) is 1.61. The summed E-state index contributed by atoms with van der Waals surface area (Å²) in [6, 6.07) is 3.80. The minimum Gasteiger partial charge on any atom is -0.398 e. The Hall–Kier alpha value is -2.65. The molecule has 3 aromatic rings. The fraction of sp³-hybridized carbons (Fsp3) is 0.421. The summed E-state index contributed by atoms with van der Waals surface area (Å²) in [5, 5.41) is 10.6. The molecule has 1 amide bonds. The van der Waals surface area contributed by atoms with Gasteiger partial charge in [0.1, 0.15) is 5.65 Å². The predicted octanol–water partition coefficient (Wildman–Crippen LogP) is 2.45. The van der Waals surface area contributed by atoms with Crippen LogP contribution in [-0.4, -0.2) is 44.4 Å². The lowest BCUT2D eigenvalue weighted by Gasteiger charge is -2.32. The topological polar surface area (TPSA) is 105 Å². The van der Waals surface area contributed by atoms with Crippen molar-refractivity contribution in [1.82, 2.24) is 20.2 Å². The van der Waals surface area contributed by atoms with Crippen molar-refractivity contribution in [2.45, 2.75) is 52.7 Å². The van der Waals surface area contributed by atoms with Gasteiger partial charge in [0.05, 0.1) is 23.1 Å². The van der Waals surface area contributed by atoms with Crippen LogP contribution in [0.4, 0.5) is 5.69 Å². The standard InChI is InChI=1S/C19H24BN5O3/c1-10-11(2)24-25-15(10)17(26)22-13-7-12-8-14(23-16(12)21-9-13)20-27-18(3,4)19(5,6)28-20/h7-9H,1-6H3,(H,21,23)(H,22,26)(H,24,25). The van der Waals surface area contributed by atoms with Crippen LogP contribution in [0.1, 0.15) is 49.4 Å². The van der Waals surface area contributed by atoms with Gasteiger partial charge in [-0.25, -0.2) is 4.98 Å². The molecule has 0 bridgehead atoms. The highest BCUT2D eigenvalue weighted by Crippen LogP contribution is 2.36. The molecule has 146 valence electrons. The van der Waals surface area contributed by atoms with E-state index in [0.717, 1.165) is 22.2 Å². The molecule has 9 heteroatoms. The average Bonchev–Trinajstić information content (AvgIpc) is 3.23. The Kier molecular flexibility index (Phi) is 4.13. The number of amides is 1. The lowest BCUT2D eigenvalue weighted by atomic mass is 9.85. The zero-order valence-electron chi connectivity index (χ0n) is 16.9. The number of aryl methyl sites for hydroxylation is 1. The minimum atomic E-state index is -0.494. The average molecular weight is 381 g/mol. The number of carbonyl (C=O) groups is 1. The molecule has 0 atom stereocenters. The second-order valence-electron chi connectivity index (χ2n) is 8.25. The highest BCUT2D eigenvalue weighted by Gasteiger charge is 2.52. The van der Waals surface area contributed by atoms with Gasteiger partial charge in [0, 0.05) is 22.2 Å². The molecule has 1 aliphatic heterocycles. The Morgan fingerprint density at radius 3 is 2.43 bits per heavy atom. The van der Waals surface area contributed by atoms with E-state index in [4.69, 9.17) is 9.31 Å². The highest BCUT2D eigenvalue weighted by molar-refractivity contribution is 6.61. The summed E-state index contributed by atoms with van der Waals surface area (Å²) in [6.45, 7) is 11.8. The maximum atomic E-state index is 12.5. The van der Waals surface area contributed by atoms with E-state index in [1.54, 1.807) is 6.20 Å². The molecule has 0 radical (unpaired) electrons. The summed E-state index contributed by atoms with van der Waals surface area (Å²) < 4.78 is 12.2. The van der Waals surface area contributed by atoms with Crippen LogP contribution in [0, 0.1) is 13.8 Å². The van der Waals surface area contributed by atoms with E-state index < -0.39 is 18.3 Å². The molecule has 4 heterocycles. The second kappa shape index (κ2) is 6.18. The smallest absolute Gasteiger partial charge is 0.398 e. The molecule has 0 aromatic carbocycles. The SMILES string of the molecule is Cc1[nH]nc(C(=O)Nc2cnc3[nH]c(B4OC(C)(C)C(C)(C)O4)cc3c2)c1C. The van der Waals surface area contributed by atoms with Gasteiger partial charge in [-0.2, -0.15) is 5.10 Å². The molecule has 0 aliphatic carbocycles. The fourth-order valence-corrected chi connectivity index (χ4v) is 3.10. The highest BCUT2D eigenvalue weighted by atomic mass is 16.7. The van der Waals surface area contributed by atoms with E-state index in [1.807, 2.05) is 53.7 Å². The van der Waals surface area contributed by atoms with E-state index in [1.165, 1.54) is 0 Å². The Morgan fingerprint density at radius 1 is 1.14 bits per heavy atom. The van der Waals surface area contributed by atoms with Gasteiger partial charge in [0.25, 0.3) is 5.91 Å². The second-order valence-corrected chi connectivity index (χ2v) is 8.25. The van der Waals surface area contributed by atoms with Crippen LogP contribution in [0.2, 0.25) is 0 Å². The van der Waals surface area contributed by atoms with Crippen molar-refractivity contribution < 1.29 is 14.1 Å². The van der Waals surface area contributed by atoms with Crippen molar-refractivity contribution in [2.75, 3.05) is 5.32 Å². The maximum Gasteiger partial charge on any atom is 0.512 e. The number of nitrogens with one attached hydrogen (secondary N) is 3. The first-order valence-corrected chi connectivity index (χ1v) is 9.24. The van der Waals surface area contributed by atoms with Gasteiger partial charge in [0.15, 0.2) is 5.69 Å². The Morgan fingerprint density at radius 2 is 1.82 bits per heavy atom. The number of H-pyrrole nitrogens is 2. The van der Waals surface area contributed by atoms with Gasteiger partial charge in [-0.1, -0.05) is 0 Å². The molecular weight excluding hydrogens is 357 g/mol. The van der Waals surface area contributed by atoms with Crippen molar-refractivity contribution in [3.05, 3.63) is 35.3 Å². The third-order valence-corrected chi connectivity index (χ3v) is 5.72. The summed E-state index contributed by atoms with van der Waals surface area (Å²) in [5.41, 5.74) is 3.34. The molecule has 0 spiro atoms. The Balaban J connectivity index is 1.57. The first kappa shape index (κ1) is 18.7. The molecule has 28 heavy (non-hydrogen) atoms. The van der Waals surface area contributed by atoms with Gasteiger partial charge in [-0.3, -0.25) is 9.89 Å². The van der Waals surface area contributed by atoms with Crippen LogP contribution in [0.5, 0.6) is 0 Å². The molecule has 1 aliphatic rings. The summed E-state index contributed by atoms with van der Waals surface area (Å²) in [4.78, 5) is 20.1. The largest absolute Gasteiger partial charge is 0.512 e. The Bertz CT molecular complexity index is 1050. The monoisotopic (exact) mass is 381 g/mol. The van der Waals surface area contributed by atoms with Crippen LogP contribution in [0.15, 0.2) is 18.3 Å². The predicted molar refractivity (Wildman–Crippen MR) is 108 cm³/mol. The third-order valence-electron chi connectivity index (χ3n) is 5.72. The van der Waals surface area contributed by atoms with E-state index in [-0.39, 0.29) is 5.91 Å². The van der Waals surface area contributed by atoms with Gasteiger partial charge in [-0.05, 0) is 53.7 Å². The molecular formula is C19H24BN5O3. The number of hydrogen-bond acceptors (Lipinski definition) is 5. The van der Waals surface area contributed by atoms with Gasteiger partial charge in [0.2, 0.25) is 0 Å². The van der Waals surface area contributed by atoms with Crippen LogP contribution >= 0.6 is 0 Å². The van der Waals surface area contributed by atoms with E-state index in [0.29, 0.717) is 17.0 Å². The van der Waals surface area contributed by atoms with Crippen LogP contribution in [-0.2, 0) is 9.31 Å². The van der Waals surface area contributed by atoms with Crippen LogP contribution in [0.25, 0.3) is 11.0 Å². The molecule has 3 aromatic heterocycles. The zero-order valence-corrected chi connectivity index (χ0v) is 16.9. The van der Waals surface area contributed by atoms with Crippen molar-refractivity contribution in [1.29, 1.82) is 0 Å². The van der Waals surface area contributed by atoms with E-state index in [9.17, 15) is 4.79 Å². The number of rotatable bonds is 3. The number of fused-ring (bicyclic) bond motifs is 1. The number of aromatic amines is 2. The summed E-state index contributed by atoms with van der Waals surface area (Å²) in [5.74, 6) is -0.273. The maximum absolute atomic E-state index is 12.5. The number of aromatic nitrogens is 4. The van der Waals surface area contributed by atoms with Crippen LogP contribution < -0.4 is 10.9 Å². The van der Waals surface area contributed by atoms with Gasteiger partial charge < -0.3 is 19.6 Å². The van der Waals surface area contributed by atoms with Crippen LogP contribution in [0.3, 0.4) is 0 Å². The first-order chi connectivity index (χ1) is 13.1. The van der Waals surface area contributed by atoms with Gasteiger partial charge >= 0.3 is 7.12 Å². The lowest BCUT2D eigenvalue weighted by Crippen LogP contribution is -2.41. The number of anilines is 1. The van der Waals surface area contributed by atoms with Crippen molar-refractivity contribution in [3.8, 4) is 0 Å². The number of hydrogen-bond donors (Lipinski definition) is 3. The van der Waals surface area contributed by atoms with E-state index in [2.05, 4.69) is 25.5 Å². The lowest BCUT2D eigenvalue weighted by molar-refractivity contribution is 0.00578. The van der Waals surface area contributed by atoms with Crippen molar-refractivity contribution >= 4 is 35.3 Å². The molecule has 0 unspecified atom stereocenters. The van der Waals surface area contributed by atoms with Gasteiger partial charge in [-0.15, -0.1) is 0 Å². The number of pyridine rings is 1. The third kappa shape index (κ3) is 3.00. The van der Waals surface area contributed by atoms with Crippen molar-refractivity contribution in [2.24, 2.45) is 0 Å². The summed E-state index contributed by atoms with van der Waals surface area (Å²) in [7, 11) is -0.494. The number of carbonyl (C=O) groups excluding carboxylic acids is 1. The fourth-order valence-electron chi connectivity index (χ4n) is 3.10. The summed E-state index contributed by atoms with van der Waals surface area (Å²) >= 11 is 0. The molecule has 1 fully saturated rings. The quantitative estimate of drug-likeness (QED) is 0.605. The minimum absolute atomic E-state index is 0.273. The zero-order chi connectivity index (χ0) is 20.3. The Labute approximate surface area is 163 Å². The van der Waals surface area contributed by atoms with E-state index >= 15 is 0 Å². The normalized spacial score (nSPS) is 18.0. The van der Waals surface area contributed by atoms with Crippen molar-refractivity contribution in [3.63, 3.8) is 0 Å². The first-order valence-electron chi connectivity index (χ1n) is 9.24. The molecule has 3 N–H and O–H groups in total. The molecule has 4 rings (SSSR count). The molecule has 1 saturated heterocycles. The molecule has 0 saturated carbocycles. The molecule has 8 nitrogen and oxygen atoms in total.